The van der Waals surface area contributed by atoms with Crippen molar-refractivity contribution >= 4 is 5.97 Å². The van der Waals surface area contributed by atoms with Crippen LogP contribution in [0.5, 0.6) is 0 Å². The third-order valence-electron chi connectivity index (χ3n) is 3.89. The largest absolute Gasteiger partial charge is 0.480 e. The molecule has 4 heteroatoms. The topological polar surface area (TPSA) is 49.8 Å². The van der Waals surface area contributed by atoms with Gasteiger partial charge in [-0.2, -0.15) is 0 Å². The van der Waals surface area contributed by atoms with Gasteiger partial charge in [0.25, 0.3) is 0 Å². The Balaban J connectivity index is 1.98. The lowest BCUT2D eigenvalue weighted by Gasteiger charge is -2.51. The lowest BCUT2D eigenvalue weighted by Crippen LogP contribution is -2.65. The summed E-state index contributed by atoms with van der Waals surface area (Å²) in [6.07, 6.45) is 4.99. The molecule has 2 aliphatic rings. The van der Waals surface area contributed by atoms with E-state index in [9.17, 15) is 9.90 Å². The van der Waals surface area contributed by atoms with E-state index in [1.54, 1.807) is 0 Å². The number of rotatable bonds is 4. The molecular formula is C12H21NO3. The molecule has 0 unspecified atom stereocenters. The zero-order chi connectivity index (χ0) is 11.6. The number of carbonyl (C=O) groups is 1. The van der Waals surface area contributed by atoms with Crippen LogP contribution in [-0.2, 0) is 9.53 Å². The third kappa shape index (κ3) is 1.96. The van der Waals surface area contributed by atoms with Crippen molar-refractivity contribution in [2.75, 3.05) is 19.7 Å². The van der Waals surface area contributed by atoms with Gasteiger partial charge in [0.15, 0.2) is 0 Å². The Morgan fingerprint density at radius 1 is 1.38 bits per heavy atom. The van der Waals surface area contributed by atoms with Crippen LogP contribution in [0, 0.1) is 0 Å². The maximum absolute atomic E-state index is 11.5. The van der Waals surface area contributed by atoms with Crippen molar-refractivity contribution in [3.63, 3.8) is 0 Å². The third-order valence-corrected chi connectivity index (χ3v) is 3.89. The molecule has 0 bridgehead atoms. The van der Waals surface area contributed by atoms with E-state index in [4.69, 9.17) is 4.74 Å². The number of nitrogens with zero attached hydrogens (tertiary/aromatic N) is 1. The number of aliphatic carboxylic acids is 1. The summed E-state index contributed by atoms with van der Waals surface area (Å²) >= 11 is 0. The second-order valence-corrected chi connectivity index (χ2v) is 4.87. The first-order valence-corrected chi connectivity index (χ1v) is 6.29. The second kappa shape index (κ2) is 4.72. The molecule has 1 aliphatic heterocycles. The average molecular weight is 227 g/mol. The van der Waals surface area contributed by atoms with E-state index in [1.807, 2.05) is 6.92 Å². The lowest BCUT2D eigenvalue weighted by atomic mass is 9.72. The Bertz CT molecular complexity index is 255. The van der Waals surface area contributed by atoms with Gasteiger partial charge in [-0.15, -0.1) is 0 Å². The predicted octanol–water partition coefficient (Wildman–Crippen LogP) is 1.49. The Labute approximate surface area is 96.6 Å². The van der Waals surface area contributed by atoms with E-state index < -0.39 is 11.5 Å². The number of piperidine rings is 1. The molecule has 2 fully saturated rings. The van der Waals surface area contributed by atoms with Crippen LogP contribution < -0.4 is 0 Å². The maximum Gasteiger partial charge on any atom is 0.324 e. The van der Waals surface area contributed by atoms with E-state index in [0.29, 0.717) is 19.4 Å². The zero-order valence-electron chi connectivity index (χ0n) is 9.95. The van der Waals surface area contributed by atoms with Gasteiger partial charge >= 0.3 is 5.97 Å². The highest BCUT2D eigenvalue weighted by Gasteiger charge is 2.54. The van der Waals surface area contributed by atoms with Gasteiger partial charge in [-0.3, -0.25) is 9.69 Å². The molecule has 0 atom stereocenters. The Morgan fingerprint density at radius 3 is 2.50 bits per heavy atom. The SMILES string of the molecule is CCOC1CC(C(=O)O)(N2CCCCC2)C1. The number of hydrogen-bond acceptors (Lipinski definition) is 3. The number of likely N-dealkylation sites (tertiary alicyclic amines) is 1. The molecule has 1 heterocycles. The maximum atomic E-state index is 11.5. The van der Waals surface area contributed by atoms with Crippen LogP contribution in [0.3, 0.4) is 0 Å². The highest BCUT2D eigenvalue weighted by atomic mass is 16.5. The van der Waals surface area contributed by atoms with Crippen molar-refractivity contribution < 1.29 is 14.6 Å². The molecule has 4 nitrogen and oxygen atoms in total. The van der Waals surface area contributed by atoms with Gasteiger partial charge in [-0.05, 0) is 32.9 Å². The first kappa shape index (κ1) is 11.9. The predicted molar refractivity (Wildman–Crippen MR) is 60.4 cm³/mol. The summed E-state index contributed by atoms with van der Waals surface area (Å²) < 4.78 is 5.48. The molecule has 0 aromatic carbocycles. The minimum atomic E-state index is -0.662. The van der Waals surface area contributed by atoms with Crippen LogP contribution in [-0.4, -0.2) is 47.3 Å². The standard InChI is InChI=1S/C12H21NO3/c1-2-16-10-8-12(9-10,11(14)15)13-6-4-3-5-7-13/h10H,2-9H2,1H3,(H,14,15). The molecule has 16 heavy (non-hydrogen) atoms. The van der Waals surface area contributed by atoms with Crippen molar-refractivity contribution in [1.29, 1.82) is 0 Å². The monoisotopic (exact) mass is 227 g/mol. The normalized spacial score (nSPS) is 35.7. The molecule has 1 aliphatic carbocycles. The molecule has 0 spiro atoms. The Hall–Kier alpha value is -0.610. The van der Waals surface area contributed by atoms with Crippen molar-refractivity contribution in [2.24, 2.45) is 0 Å². The summed E-state index contributed by atoms with van der Waals surface area (Å²) in [6, 6.07) is 0. The van der Waals surface area contributed by atoms with Crippen LogP contribution in [0.4, 0.5) is 0 Å². The summed E-state index contributed by atoms with van der Waals surface area (Å²) in [4.78, 5) is 13.6. The van der Waals surface area contributed by atoms with Gasteiger partial charge in [0.2, 0.25) is 0 Å². The fraction of sp³-hybridized carbons (Fsp3) is 0.917. The molecule has 0 aromatic heterocycles. The van der Waals surface area contributed by atoms with Crippen molar-refractivity contribution in [3.8, 4) is 0 Å². The van der Waals surface area contributed by atoms with Crippen LogP contribution >= 0.6 is 0 Å². The van der Waals surface area contributed by atoms with Crippen LogP contribution in [0.1, 0.15) is 39.0 Å². The van der Waals surface area contributed by atoms with Gasteiger partial charge in [-0.1, -0.05) is 6.42 Å². The first-order chi connectivity index (χ1) is 7.69. The average Bonchev–Trinajstić information content (AvgIpc) is 2.23. The van der Waals surface area contributed by atoms with Crippen LogP contribution in [0.2, 0.25) is 0 Å². The summed E-state index contributed by atoms with van der Waals surface area (Å²) in [5, 5.41) is 9.42. The summed E-state index contributed by atoms with van der Waals surface area (Å²) in [6.45, 7) is 4.51. The molecule has 1 N–H and O–H groups in total. The van der Waals surface area contributed by atoms with Crippen LogP contribution in [0.25, 0.3) is 0 Å². The molecule has 0 aromatic rings. The van der Waals surface area contributed by atoms with Gasteiger partial charge in [0.05, 0.1) is 6.10 Å². The van der Waals surface area contributed by atoms with E-state index in [-0.39, 0.29) is 6.10 Å². The summed E-state index contributed by atoms with van der Waals surface area (Å²) in [5.74, 6) is -0.662. The van der Waals surface area contributed by atoms with Crippen LogP contribution in [0.15, 0.2) is 0 Å². The highest BCUT2D eigenvalue weighted by Crippen LogP contribution is 2.41. The van der Waals surface area contributed by atoms with Gasteiger partial charge < -0.3 is 9.84 Å². The smallest absolute Gasteiger partial charge is 0.324 e. The molecule has 2 rings (SSSR count). The van der Waals surface area contributed by atoms with E-state index in [2.05, 4.69) is 4.90 Å². The van der Waals surface area contributed by atoms with Crippen molar-refractivity contribution in [3.05, 3.63) is 0 Å². The first-order valence-electron chi connectivity index (χ1n) is 6.29. The number of carboxylic acids is 1. The molecular weight excluding hydrogens is 206 g/mol. The summed E-state index contributed by atoms with van der Waals surface area (Å²) in [7, 11) is 0. The number of ether oxygens (including phenoxy) is 1. The zero-order valence-corrected chi connectivity index (χ0v) is 9.95. The molecule has 92 valence electrons. The fourth-order valence-corrected chi connectivity index (χ4v) is 2.94. The quantitative estimate of drug-likeness (QED) is 0.790. The molecule has 0 amide bonds. The minimum Gasteiger partial charge on any atom is -0.480 e. The Kier molecular flexibility index (Phi) is 3.50. The van der Waals surface area contributed by atoms with E-state index in [1.165, 1.54) is 6.42 Å². The molecule has 1 saturated heterocycles. The van der Waals surface area contributed by atoms with Gasteiger partial charge in [0.1, 0.15) is 5.54 Å². The van der Waals surface area contributed by atoms with Gasteiger partial charge in [0, 0.05) is 19.4 Å². The highest BCUT2D eigenvalue weighted by molar-refractivity contribution is 5.80. The number of carboxylic acid groups (broad SMARTS) is 1. The Morgan fingerprint density at radius 2 is 2.00 bits per heavy atom. The minimum absolute atomic E-state index is 0.156. The number of hydrogen-bond donors (Lipinski definition) is 1. The van der Waals surface area contributed by atoms with Gasteiger partial charge in [-0.25, -0.2) is 0 Å². The van der Waals surface area contributed by atoms with Crippen molar-refractivity contribution in [1.82, 2.24) is 4.90 Å². The lowest BCUT2D eigenvalue weighted by molar-refractivity contribution is -0.174. The molecule has 1 saturated carbocycles. The second-order valence-electron chi connectivity index (χ2n) is 4.87. The summed E-state index contributed by atoms with van der Waals surface area (Å²) in [5.41, 5.74) is -0.611. The van der Waals surface area contributed by atoms with E-state index in [0.717, 1.165) is 25.9 Å². The molecule has 0 radical (unpaired) electrons. The fourth-order valence-electron chi connectivity index (χ4n) is 2.94. The van der Waals surface area contributed by atoms with Crippen molar-refractivity contribution in [2.45, 2.75) is 50.7 Å². The van der Waals surface area contributed by atoms with E-state index >= 15 is 0 Å².